The summed E-state index contributed by atoms with van der Waals surface area (Å²) in [6, 6.07) is 4.90. The summed E-state index contributed by atoms with van der Waals surface area (Å²) in [5.41, 5.74) is 1.05. The van der Waals surface area contributed by atoms with Crippen molar-refractivity contribution in [3.8, 4) is 0 Å². The van der Waals surface area contributed by atoms with Gasteiger partial charge in [0.1, 0.15) is 11.3 Å². The molecule has 0 aliphatic heterocycles. The second kappa shape index (κ2) is 7.15. The highest BCUT2D eigenvalue weighted by atomic mass is 32.2. The minimum absolute atomic E-state index is 0.225. The van der Waals surface area contributed by atoms with E-state index < -0.39 is 14.8 Å². The van der Waals surface area contributed by atoms with Crippen LogP contribution in [0.1, 0.15) is 46.5 Å². The molecule has 0 saturated heterocycles. The lowest BCUT2D eigenvalue weighted by Gasteiger charge is -2.29. The van der Waals surface area contributed by atoms with Crippen molar-refractivity contribution in [2.24, 2.45) is 5.92 Å². The van der Waals surface area contributed by atoms with E-state index in [4.69, 9.17) is 4.42 Å². The van der Waals surface area contributed by atoms with Gasteiger partial charge in [-0.15, -0.1) is 0 Å². The van der Waals surface area contributed by atoms with Crippen molar-refractivity contribution in [1.82, 2.24) is 9.71 Å². The van der Waals surface area contributed by atoms with Gasteiger partial charge in [-0.05, 0) is 64.5 Å². The van der Waals surface area contributed by atoms with Crippen LogP contribution in [0.2, 0.25) is 0 Å². The van der Waals surface area contributed by atoms with E-state index in [2.05, 4.69) is 15.0 Å². The molecule has 8 heteroatoms. The molecule has 1 aliphatic carbocycles. The first kappa shape index (κ1) is 19.1. The highest BCUT2D eigenvalue weighted by Gasteiger charge is 2.30. The summed E-state index contributed by atoms with van der Waals surface area (Å²) < 4.78 is 45.1. The highest BCUT2D eigenvalue weighted by Crippen LogP contribution is 2.28. The average molecular weight is 383 g/mol. The molecule has 0 amide bonds. The fourth-order valence-corrected chi connectivity index (χ4v) is 3.98. The third-order valence-corrected chi connectivity index (χ3v) is 7.05. The number of benzene rings is 1. The first-order chi connectivity index (χ1) is 12.1. The summed E-state index contributed by atoms with van der Waals surface area (Å²) >= 11 is 0. The van der Waals surface area contributed by atoms with E-state index in [1.165, 1.54) is 12.1 Å². The molecule has 2 aromatic rings. The Kier molecular flexibility index (Phi) is 5.25. The van der Waals surface area contributed by atoms with Crippen LogP contribution in [0.15, 0.2) is 22.6 Å². The molecular weight excluding hydrogens is 357 g/mol. The average Bonchev–Trinajstić information content (AvgIpc) is 2.94. The van der Waals surface area contributed by atoms with Crippen LogP contribution in [-0.4, -0.2) is 30.7 Å². The molecule has 0 radical (unpaired) electrons. The van der Waals surface area contributed by atoms with Crippen LogP contribution in [-0.2, 0) is 10.0 Å². The standard InChI is InChI=1S/C18H26FN3O3S/c1-18(2,3)26(23,24)20-11-12-4-7-14(8-5-12)21-17-22-15-10-13(19)6-9-16(15)25-17/h6,9-10,12,14,20H,4-5,7-8,11H2,1-3H3,(H,21,22). The summed E-state index contributed by atoms with van der Waals surface area (Å²) in [6.45, 7) is 5.57. The molecule has 1 aromatic carbocycles. The van der Waals surface area contributed by atoms with Gasteiger partial charge in [0.05, 0.1) is 4.75 Å². The predicted molar refractivity (Wildman–Crippen MR) is 100 cm³/mol. The van der Waals surface area contributed by atoms with E-state index in [9.17, 15) is 12.8 Å². The number of halogens is 1. The molecule has 1 aliphatic rings. The number of nitrogens with zero attached hydrogens (tertiary/aromatic N) is 1. The van der Waals surface area contributed by atoms with E-state index >= 15 is 0 Å². The van der Waals surface area contributed by atoms with Crippen LogP contribution in [0.4, 0.5) is 10.4 Å². The number of hydrogen-bond acceptors (Lipinski definition) is 5. The van der Waals surface area contributed by atoms with E-state index in [1.54, 1.807) is 26.8 Å². The smallest absolute Gasteiger partial charge is 0.295 e. The third-order valence-electron chi connectivity index (χ3n) is 4.89. The van der Waals surface area contributed by atoms with Crippen molar-refractivity contribution in [2.75, 3.05) is 11.9 Å². The summed E-state index contributed by atoms with van der Waals surface area (Å²) in [4.78, 5) is 4.27. The predicted octanol–water partition coefficient (Wildman–Crippen LogP) is 3.66. The number of hydrogen-bond donors (Lipinski definition) is 2. The normalized spacial score (nSPS) is 21.8. The van der Waals surface area contributed by atoms with E-state index in [0.29, 0.717) is 29.6 Å². The van der Waals surface area contributed by atoms with Crippen molar-refractivity contribution < 1.29 is 17.2 Å². The Labute approximate surface area is 153 Å². The molecule has 26 heavy (non-hydrogen) atoms. The van der Waals surface area contributed by atoms with Crippen molar-refractivity contribution in [3.63, 3.8) is 0 Å². The molecular formula is C18H26FN3O3S. The Hall–Kier alpha value is -1.67. The molecule has 1 fully saturated rings. The Balaban J connectivity index is 1.50. The molecule has 1 saturated carbocycles. The van der Waals surface area contributed by atoms with Crippen molar-refractivity contribution >= 4 is 27.1 Å². The lowest BCUT2D eigenvalue weighted by Crippen LogP contribution is -2.42. The van der Waals surface area contributed by atoms with E-state index in [-0.39, 0.29) is 11.9 Å². The zero-order valence-corrected chi connectivity index (χ0v) is 16.2. The Morgan fingerprint density at radius 2 is 1.92 bits per heavy atom. The fraction of sp³-hybridized carbons (Fsp3) is 0.611. The largest absolute Gasteiger partial charge is 0.424 e. The number of aromatic nitrogens is 1. The van der Waals surface area contributed by atoms with E-state index in [0.717, 1.165) is 25.7 Å². The SMILES string of the molecule is CC(C)(C)S(=O)(=O)NCC1CCC(Nc2nc3cc(F)ccc3o2)CC1. The second-order valence-electron chi connectivity index (χ2n) is 7.96. The van der Waals surface area contributed by atoms with Crippen LogP contribution in [0.3, 0.4) is 0 Å². The van der Waals surface area contributed by atoms with Crippen LogP contribution in [0.5, 0.6) is 0 Å². The minimum atomic E-state index is -3.30. The summed E-state index contributed by atoms with van der Waals surface area (Å²) in [6.07, 6.45) is 3.68. The Morgan fingerprint density at radius 3 is 2.58 bits per heavy atom. The Morgan fingerprint density at radius 1 is 1.23 bits per heavy atom. The highest BCUT2D eigenvalue weighted by molar-refractivity contribution is 7.90. The van der Waals surface area contributed by atoms with Crippen LogP contribution in [0.25, 0.3) is 11.1 Å². The quantitative estimate of drug-likeness (QED) is 0.823. The molecule has 0 unspecified atom stereocenters. The van der Waals surface area contributed by atoms with Gasteiger partial charge in [-0.25, -0.2) is 17.5 Å². The van der Waals surface area contributed by atoms with Gasteiger partial charge in [-0.3, -0.25) is 0 Å². The van der Waals surface area contributed by atoms with Gasteiger partial charge < -0.3 is 9.73 Å². The van der Waals surface area contributed by atoms with Crippen LogP contribution in [0, 0.1) is 11.7 Å². The van der Waals surface area contributed by atoms with Crippen LogP contribution < -0.4 is 10.0 Å². The van der Waals surface area contributed by atoms with Crippen molar-refractivity contribution in [1.29, 1.82) is 0 Å². The van der Waals surface area contributed by atoms with Gasteiger partial charge >= 0.3 is 0 Å². The van der Waals surface area contributed by atoms with E-state index in [1.807, 2.05) is 0 Å². The lowest BCUT2D eigenvalue weighted by atomic mass is 9.86. The number of oxazole rings is 1. The van der Waals surface area contributed by atoms with Gasteiger partial charge in [0.2, 0.25) is 10.0 Å². The molecule has 0 atom stereocenters. The Bertz CT molecular complexity index is 865. The lowest BCUT2D eigenvalue weighted by molar-refractivity contribution is 0.333. The number of anilines is 1. The van der Waals surface area contributed by atoms with Crippen molar-refractivity contribution in [2.45, 2.75) is 57.2 Å². The first-order valence-corrected chi connectivity index (χ1v) is 10.4. The molecule has 3 rings (SSSR count). The zero-order valence-electron chi connectivity index (χ0n) is 15.4. The first-order valence-electron chi connectivity index (χ1n) is 8.96. The topological polar surface area (TPSA) is 84.2 Å². The maximum atomic E-state index is 13.2. The number of rotatable bonds is 5. The maximum Gasteiger partial charge on any atom is 0.295 e. The maximum absolute atomic E-state index is 13.2. The summed E-state index contributed by atoms with van der Waals surface area (Å²) in [7, 11) is -3.30. The van der Waals surface area contributed by atoms with Gasteiger partial charge in [-0.2, -0.15) is 4.98 Å². The monoisotopic (exact) mass is 383 g/mol. The van der Waals surface area contributed by atoms with Gasteiger partial charge in [-0.1, -0.05) is 0 Å². The molecule has 0 spiro atoms. The molecule has 1 heterocycles. The minimum Gasteiger partial charge on any atom is -0.424 e. The number of nitrogens with one attached hydrogen (secondary N) is 2. The van der Waals surface area contributed by atoms with Crippen LogP contribution >= 0.6 is 0 Å². The molecule has 0 bridgehead atoms. The second-order valence-corrected chi connectivity index (χ2v) is 10.5. The van der Waals surface area contributed by atoms with Gasteiger partial charge in [0.25, 0.3) is 6.01 Å². The number of fused-ring (bicyclic) bond motifs is 1. The molecule has 1 aromatic heterocycles. The third kappa shape index (κ3) is 4.35. The fourth-order valence-electron chi connectivity index (χ4n) is 3.09. The number of sulfonamides is 1. The molecule has 6 nitrogen and oxygen atoms in total. The molecule has 144 valence electrons. The molecule has 2 N–H and O–H groups in total. The van der Waals surface area contributed by atoms with Gasteiger partial charge in [0.15, 0.2) is 5.58 Å². The van der Waals surface area contributed by atoms with Gasteiger partial charge in [0, 0.05) is 18.7 Å². The summed E-state index contributed by atoms with van der Waals surface area (Å²) in [5.74, 6) is -0.00142. The summed E-state index contributed by atoms with van der Waals surface area (Å²) in [5, 5.41) is 3.27. The van der Waals surface area contributed by atoms with Crippen molar-refractivity contribution in [3.05, 3.63) is 24.0 Å². The zero-order chi connectivity index (χ0) is 18.9.